The topological polar surface area (TPSA) is 0 Å². The fourth-order valence-electron chi connectivity index (χ4n) is 5.99. The van der Waals surface area contributed by atoms with Gasteiger partial charge in [0.1, 0.15) is 0 Å². The minimum absolute atomic E-state index is 0.262. The minimum atomic E-state index is -2.82. The van der Waals surface area contributed by atoms with E-state index >= 15 is 0 Å². The van der Waals surface area contributed by atoms with Crippen LogP contribution in [0.5, 0.6) is 0 Å². The monoisotopic (exact) mass is 635 g/mol. The molecule has 2 aliphatic carbocycles. The molecule has 0 fully saturated rings. The average molecular weight is 635 g/mol. The summed E-state index contributed by atoms with van der Waals surface area (Å²) in [5, 5.41) is 0. The van der Waals surface area contributed by atoms with E-state index in [9.17, 15) is 0 Å². The van der Waals surface area contributed by atoms with Gasteiger partial charge in [-0.3, -0.25) is 0 Å². The SMILES string of the molecule is Cc1ccc(C[CH](c2ccc(C)c3c2Cc2ccccc2-3)[Hf]([Cl])[Cl])c2c1-c1ccccc1C2. The molecule has 163 valence electrons. The molecule has 0 saturated carbocycles. The molecule has 33 heavy (non-hydrogen) atoms. The molecule has 0 saturated heterocycles. The van der Waals surface area contributed by atoms with E-state index in [0.29, 0.717) is 0 Å². The first-order valence-corrected chi connectivity index (χ1v) is 22.6. The van der Waals surface area contributed by atoms with Gasteiger partial charge >= 0.3 is 213 Å². The summed E-state index contributed by atoms with van der Waals surface area (Å²) in [4.78, 5) is 0. The number of aryl methyl sites for hydroxylation is 2. The molecule has 4 aromatic carbocycles. The maximum absolute atomic E-state index is 6.93. The van der Waals surface area contributed by atoms with Crippen molar-refractivity contribution in [3.8, 4) is 22.3 Å². The Bertz CT molecular complexity index is 1400. The summed E-state index contributed by atoms with van der Waals surface area (Å²) in [5.41, 5.74) is 16.9. The Kier molecular flexibility index (Phi) is 5.64. The summed E-state index contributed by atoms with van der Waals surface area (Å²) in [7, 11) is 13.9. The summed E-state index contributed by atoms with van der Waals surface area (Å²) >= 11 is -2.82. The zero-order valence-corrected chi connectivity index (χ0v) is 24.0. The zero-order chi connectivity index (χ0) is 22.7. The molecule has 6 rings (SSSR count). The first-order chi connectivity index (χ1) is 16.0. The van der Waals surface area contributed by atoms with Gasteiger partial charge in [-0.15, -0.1) is 0 Å². The van der Waals surface area contributed by atoms with Crippen LogP contribution in [0.15, 0.2) is 72.8 Å². The van der Waals surface area contributed by atoms with E-state index in [2.05, 4.69) is 86.6 Å². The summed E-state index contributed by atoms with van der Waals surface area (Å²) in [5.74, 6) is 0. The molecule has 0 amide bonds. The van der Waals surface area contributed by atoms with Gasteiger partial charge in [0.2, 0.25) is 0 Å². The molecule has 0 nitrogen and oxygen atoms in total. The van der Waals surface area contributed by atoms with Crippen molar-refractivity contribution in [2.24, 2.45) is 0 Å². The molecule has 1 unspecified atom stereocenters. The number of halogens is 2. The van der Waals surface area contributed by atoms with Crippen LogP contribution in [0.25, 0.3) is 22.3 Å². The average Bonchev–Trinajstić information content (AvgIpc) is 3.39. The van der Waals surface area contributed by atoms with Gasteiger partial charge in [0.15, 0.2) is 0 Å². The van der Waals surface area contributed by atoms with E-state index in [1.165, 1.54) is 66.8 Å². The second-order valence-electron chi connectivity index (χ2n) is 9.43. The van der Waals surface area contributed by atoms with Crippen LogP contribution in [0.2, 0.25) is 0 Å². The summed E-state index contributed by atoms with van der Waals surface area (Å²) in [6.45, 7) is 4.46. The van der Waals surface area contributed by atoms with Crippen molar-refractivity contribution in [1.82, 2.24) is 0 Å². The summed E-state index contributed by atoms with van der Waals surface area (Å²) < 4.78 is 0.262. The number of hydrogen-bond acceptors (Lipinski definition) is 0. The summed E-state index contributed by atoms with van der Waals surface area (Å²) in [6.07, 6.45) is 2.94. The van der Waals surface area contributed by atoms with Crippen LogP contribution in [0.3, 0.4) is 0 Å². The molecule has 0 spiro atoms. The molecule has 2 aliphatic rings. The second-order valence-corrected chi connectivity index (χ2v) is 22.3. The van der Waals surface area contributed by atoms with Crippen molar-refractivity contribution in [3.05, 3.63) is 117 Å². The Morgan fingerprint density at radius 1 is 0.697 bits per heavy atom. The standard InChI is InChI=1S/C30H25.2ClH.Hf/c1-19-11-13-21(27-17-23-7-3-5-9-25(23)29(19)27)15-16-22-14-12-20(2)30-26-10-6-4-8-24(26)18-28(22)30;;;/h3-15H,16-18H2,1-2H3;2*1H;/q;;;+2/p-2. The molecular formula is C30H25Cl2Hf. The van der Waals surface area contributed by atoms with Gasteiger partial charge in [0.25, 0.3) is 0 Å². The van der Waals surface area contributed by atoms with Gasteiger partial charge in [-0.2, -0.15) is 0 Å². The quantitative estimate of drug-likeness (QED) is 0.170. The molecule has 3 heteroatoms. The van der Waals surface area contributed by atoms with Crippen LogP contribution in [-0.4, -0.2) is 0 Å². The number of fused-ring (bicyclic) bond motifs is 6. The molecule has 0 aromatic heterocycles. The van der Waals surface area contributed by atoms with Crippen molar-refractivity contribution < 1.29 is 19.1 Å². The van der Waals surface area contributed by atoms with Crippen LogP contribution in [0.4, 0.5) is 0 Å². The van der Waals surface area contributed by atoms with Crippen LogP contribution in [0, 0.1) is 13.8 Å². The molecule has 0 heterocycles. The van der Waals surface area contributed by atoms with Gasteiger partial charge in [-0.1, -0.05) is 0 Å². The van der Waals surface area contributed by atoms with Crippen LogP contribution >= 0.6 is 17.2 Å². The predicted octanol–water partition coefficient (Wildman–Crippen LogP) is 8.66. The third kappa shape index (κ3) is 3.59. The van der Waals surface area contributed by atoms with E-state index in [-0.39, 0.29) is 3.67 Å². The summed E-state index contributed by atoms with van der Waals surface area (Å²) in [6, 6.07) is 26.9. The number of rotatable bonds is 4. The van der Waals surface area contributed by atoms with Gasteiger partial charge in [-0.25, -0.2) is 0 Å². The molecule has 1 atom stereocenters. The first-order valence-electron chi connectivity index (χ1n) is 11.6. The van der Waals surface area contributed by atoms with Crippen molar-refractivity contribution in [3.63, 3.8) is 0 Å². The fourth-order valence-corrected chi connectivity index (χ4v) is 12.3. The van der Waals surface area contributed by atoms with Gasteiger partial charge in [-0.05, 0) is 0 Å². The second kappa shape index (κ2) is 8.52. The third-order valence-corrected chi connectivity index (χ3v) is 15.6. The van der Waals surface area contributed by atoms with Gasteiger partial charge < -0.3 is 0 Å². The van der Waals surface area contributed by atoms with E-state index < -0.39 is 19.1 Å². The van der Waals surface area contributed by atoms with Gasteiger partial charge in [0.05, 0.1) is 0 Å². The van der Waals surface area contributed by atoms with Crippen LogP contribution < -0.4 is 0 Å². The van der Waals surface area contributed by atoms with Crippen molar-refractivity contribution >= 4 is 17.2 Å². The molecule has 4 aromatic rings. The van der Waals surface area contributed by atoms with E-state index in [4.69, 9.17) is 17.2 Å². The first kappa shape index (κ1) is 21.8. The van der Waals surface area contributed by atoms with E-state index in [1.807, 2.05) is 0 Å². The number of hydrogen-bond donors (Lipinski definition) is 0. The van der Waals surface area contributed by atoms with E-state index in [0.717, 1.165) is 19.3 Å². The van der Waals surface area contributed by atoms with E-state index in [1.54, 1.807) is 0 Å². The Morgan fingerprint density at radius 3 is 1.88 bits per heavy atom. The predicted molar refractivity (Wildman–Crippen MR) is 137 cm³/mol. The zero-order valence-electron chi connectivity index (χ0n) is 18.9. The number of benzene rings is 4. The van der Waals surface area contributed by atoms with Crippen molar-refractivity contribution in [2.75, 3.05) is 0 Å². The van der Waals surface area contributed by atoms with Crippen LogP contribution in [0.1, 0.15) is 48.2 Å². The Labute approximate surface area is 211 Å². The molecule has 0 aliphatic heterocycles. The third-order valence-electron chi connectivity index (χ3n) is 7.55. The molecular weight excluding hydrogens is 610 g/mol. The van der Waals surface area contributed by atoms with Crippen LogP contribution in [-0.2, 0) is 38.3 Å². The molecule has 0 N–H and O–H groups in total. The maximum atomic E-state index is 6.93. The Hall–Kier alpha value is -1.67. The molecule has 0 radical (unpaired) electrons. The van der Waals surface area contributed by atoms with Crippen molar-refractivity contribution in [1.29, 1.82) is 0 Å². The van der Waals surface area contributed by atoms with Gasteiger partial charge in [0, 0.05) is 0 Å². The normalized spacial score (nSPS) is 13.8. The Morgan fingerprint density at radius 2 is 1.24 bits per heavy atom. The van der Waals surface area contributed by atoms with Crippen molar-refractivity contribution in [2.45, 2.75) is 36.8 Å². The Balaban J connectivity index is 1.44. The molecule has 0 bridgehead atoms. The fraction of sp³-hybridized carbons (Fsp3) is 0.200.